The van der Waals surface area contributed by atoms with Gasteiger partial charge < -0.3 is 34.5 Å². The van der Waals surface area contributed by atoms with Crippen LogP contribution in [0.4, 0.5) is 0 Å². The number of rotatable bonds is 11. The van der Waals surface area contributed by atoms with Gasteiger partial charge in [-0.3, -0.25) is 18.2 Å². The van der Waals surface area contributed by atoms with Crippen molar-refractivity contribution in [2.75, 3.05) is 13.1 Å². The Morgan fingerprint density at radius 2 is 0.686 bits per heavy atom. The van der Waals surface area contributed by atoms with Gasteiger partial charge in [0, 0.05) is 23.5 Å². The van der Waals surface area contributed by atoms with Gasteiger partial charge in [0.05, 0.1) is 70.3 Å². The van der Waals surface area contributed by atoms with Crippen molar-refractivity contribution in [2.24, 2.45) is 0 Å². The van der Waals surface area contributed by atoms with Gasteiger partial charge in [-0.15, -0.1) is 0 Å². The van der Waals surface area contributed by atoms with Gasteiger partial charge in [-0.1, -0.05) is 48.5 Å². The molecule has 0 unspecified atom stereocenters. The van der Waals surface area contributed by atoms with E-state index in [4.69, 9.17) is 37.5 Å². The second-order valence-electron chi connectivity index (χ2n) is 11.6. The van der Waals surface area contributed by atoms with Crippen molar-refractivity contribution in [2.45, 2.75) is 26.2 Å². The summed E-state index contributed by atoms with van der Waals surface area (Å²) in [5.41, 5.74) is 8.07. The topological polar surface area (TPSA) is 233 Å². The molecule has 15 nitrogen and oxygen atoms in total. The zero-order valence-corrected chi connectivity index (χ0v) is 28.8. The summed E-state index contributed by atoms with van der Waals surface area (Å²) >= 11 is 0. The van der Waals surface area contributed by atoms with Gasteiger partial charge in [-0.25, -0.2) is 19.9 Å². The molecule has 267 valence electrons. The molecule has 8 aromatic rings. The molecule has 4 heterocycles. The molecule has 4 aromatic carbocycles. The van der Waals surface area contributed by atoms with Gasteiger partial charge >= 0.3 is 17.1 Å². The number of H-pyrrole nitrogens is 4. The number of nitrogens with zero attached hydrogens (tertiary/aromatic N) is 6. The summed E-state index contributed by atoms with van der Waals surface area (Å²) in [5.74, 6) is 3.73. The summed E-state index contributed by atoms with van der Waals surface area (Å²) in [7, 11) is -5.17. The smallest absolute Gasteiger partial charge is 0.759 e. The third-order valence-corrected chi connectivity index (χ3v) is 7.98. The Balaban J connectivity index is 0.000000676. The number of nitrogens with one attached hydrogen (secondary N) is 4. The minimum Gasteiger partial charge on any atom is -0.759 e. The minimum atomic E-state index is -5.17. The first-order valence-corrected chi connectivity index (χ1v) is 16.9. The first-order valence-electron chi connectivity index (χ1n) is 15.6. The predicted octanol–water partition coefficient (Wildman–Crippen LogP) is 3.73. The van der Waals surface area contributed by atoms with Gasteiger partial charge in [0.15, 0.2) is 0 Å². The molecule has 17 heteroatoms. The van der Waals surface area contributed by atoms with Gasteiger partial charge in [-0.2, -0.15) is 0 Å². The van der Waals surface area contributed by atoms with Crippen LogP contribution in [0.15, 0.2) is 97.1 Å². The Kier molecular flexibility index (Phi) is 12.0. The molecular weight excluding hydrogens is 724 g/mol. The summed E-state index contributed by atoms with van der Waals surface area (Å²) in [6, 6.07) is 32.7. The summed E-state index contributed by atoms with van der Waals surface area (Å²) in [6.07, 6.45) is 0. The maximum atomic E-state index is 8.52. The molecule has 0 bridgehead atoms. The maximum Gasteiger partial charge on any atom is 2.00 e. The molecule has 51 heavy (non-hydrogen) atoms. The van der Waals surface area contributed by atoms with Gasteiger partial charge in [0.1, 0.15) is 23.3 Å². The molecule has 1 radical (unpaired) electrons. The fourth-order valence-electron chi connectivity index (χ4n) is 5.88. The summed E-state index contributed by atoms with van der Waals surface area (Å²) in [5, 5.41) is 0. The minimum absolute atomic E-state index is 0. The fraction of sp³-hybridized carbons (Fsp3) is 0.176. The molecule has 8 rings (SSSR count). The van der Waals surface area contributed by atoms with Crippen molar-refractivity contribution in [1.29, 1.82) is 0 Å². The Labute approximate surface area is 302 Å². The summed E-state index contributed by atoms with van der Waals surface area (Å²) in [6.45, 7) is 4.22. The first-order chi connectivity index (χ1) is 23.7. The Morgan fingerprint density at radius 1 is 0.471 bits per heavy atom. The van der Waals surface area contributed by atoms with Crippen molar-refractivity contribution in [3.63, 3.8) is 0 Å². The quantitative estimate of drug-likeness (QED) is 0.0848. The standard InChI is InChI=1S/C34H32N10.Cu.H2O4S.H2O/c1-2-10-24-23(9-1)35-31(36-24)19-43(20-32-37-25-11-3-4-12-26(25)38-32)17-18-44(21-33-39-27-13-5-6-14-28(27)40-33)22-34-41-29-15-7-8-16-30(29)42-34;;1-5(2,3)4;/h1-16H,17-22H2,(H,35,36)(H,37,38)(H,39,40)(H,41,42);;(H2,1,2,3,4);1H2/q;+2;;/p-2. The molecular formula is C34H34CuN10O5S. The number of hydrogen-bond acceptors (Lipinski definition) is 10. The Bertz CT molecular complexity index is 2010. The molecule has 0 saturated heterocycles. The van der Waals surface area contributed by atoms with E-state index in [0.717, 1.165) is 80.5 Å². The molecule has 0 aliphatic heterocycles. The van der Waals surface area contributed by atoms with Gasteiger partial charge in [0.25, 0.3) is 0 Å². The molecule has 0 saturated carbocycles. The Morgan fingerprint density at radius 3 is 0.902 bits per heavy atom. The van der Waals surface area contributed by atoms with Gasteiger partial charge in [0.2, 0.25) is 0 Å². The molecule has 0 fully saturated rings. The number of para-hydroxylation sites is 8. The zero-order chi connectivity index (χ0) is 33.8. The van der Waals surface area contributed by atoms with Crippen molar-refractivity contribution in [1.82, 2.24) is 49.7 Å². The van der Waals surface area contributed by atoms with Crippen LogP contribution in [0.3, 0.4) is 0 Å². The van der Waals surface area contributed by atoms with E-state index >= 15 is 0 Å². The van der Waals surface area contributed by atoms with Crippen molar-refractivity contribution in [3.8, 4) is 0 Å². The van der Waals surface area contributed by atoms with E-state index in [1.165, 1.54) is 0 Å². The average molecular weight is 758 g/mol. The van der Waals surface area contributed by atoms with Crippen LogP contribution in [0.5, 0.6) is 0 Å². The van der Waals surface area contributed by atoms with E-state index in [0.29, 0.717) is 26.2 Å². The van der Waals surface area contributed by atoms with E-state index < -0.39 is 10.4 Å². The van der Waals surface area contributed by atoms with E-state index in [9.17, 15) is 0 Å². The van der Waals surface area contributed by atoms with E-state index in [1.54, 1.807) is 0 Å². The van der Waals surface area contributed by atoms with E-state index in [2.05, 4.69) is 54.0 Å². The monoisotopic (exact) mass is 757 g/mol. The molecule has 0 aliphatic carbocycles. The van der Waals surface area contributed by atoms with Crippen LogP contribution in [-0.2, 0) is 53.6 Å². The number of benzene rings is 4. The second-order valence-corrected chi connectivity index (χ2v) is 12.4. The van der Waals surface area contributed by atoms with Crippen LogP contribution >= 0.6 is 0 Å². The normalized spacial score (nSPS) is 11.6. The number of aromatic nitrogens is 8. The van der Waals surface area contributed by atoms with Crippen LogP contribution in [0.2, 0.25) is 0 Å². The number of imidazole rings is 4. The summed E-state index contributed by atoms with van der Waals surface area (Å²) < 4.78 is 34.1. The summed E-state index contributed by atoms with van der Waals surface area (Å²) in [4.78, 5) is 38.3. The van der Waals surface area contributed by atoms with Gasteiger partial charge in [-0.05, 0) is 48.5 Å². The van der Waals surface area contributed by atoms with E-state index in [1.807, 2.05) is 72.8 Å². The number of fused-ring (bicyclic) bond motifs is 4. The zero-order valence-electron chi connectivity index (χ0n) is 27.0. The van der Waals surface area contributed by atoms with Crippen LogP contribution in [0.1, 0.15) is 23.3 Å². The number of aromatic amines is 4. The molecule has 0 aliphatic rings. The Hall–Kier alpha value is -4.97. The fourth-order valence-corrected chi connectivity index (χ4v) is 5.88. The van der Waals surface area contributed by atoms with Crippen LogP contribution in [0.25, 0.3) is 44.1 Å². The predicted molar refractivity (Wildman–Crippen MR) is 187 cm³/mol. The molecule has 4 aromatic heterocycles. The largest absolute Gasteiger partial charge is 2.00 e. The van der Waals surface area contributed by atoms with Crippen molar-refractivity contribution in [3.05, 3.63) is 120 Å². The molecule has 0 spiro atoms. The van der Waals surface area contributed by atoms with Crippen LogP contribution in [0, 0.1) is 0 Å². The van der Waals surface area contributed by atoms with Crippen LogP contribution in [-0.4, -0.2) is 85.8 Å². The maximum absolute atomic E-state index is 8.52. The average Bonchev–Trinajstić information content (AvgIpc) is 3.85. The molecule has 0 atom stereocenters. The molecule has 0 amide bonds. The van der Waals surface area contributed by atoms with Crippen LogP contribution < -0.4 is 0 Å². The SMILES string of the molecule is O.O=S(=O)([O-])[O-].[Cu+2].c1ccc2[nH]c(CN(CCN(Cc3nc4ccccc4[nH]3)Cc3nc4ccccc4[nH]3)Cc3nc4ccccc4[nH]3)nc2c1. The second kappa shape index (κ2) is 16.4. The third-order valence-electron chi connectivity index (χ3n) is 7.98. The first kappa shape index (κ1) is 37.3. The number of hydrogen-bond donors (Lipinski definition) is 4. The van der Waals surface area contributed by atoms with E-state index in [-0.39, 0.29) is 22.5 Å². The molecule has 6 N–H and O–H groups in total. The van der Waals surface area contributed by atoms with Crippen molar-refractivity contribution >= 4 is 54.5 Å². The van der Waals surface area contributed by atoms with Crippen molar-refractivity contribution < 1.29 is 40.1 Å². The third kappa shape index (κ3) is 9.84.